The fourth-order valence-electron chi connectivity index (χ4n) is 3.16. The zero-order valence-corrected chi connectivity index (χ0v) is 16.7. The zero-order valence-electron chi connectivity index (χ0n) is 15.9. The van der Waals surface area contributed by atoms with Crippen molar-refractivity contribution in [1.82, 2.24) is 15.3 Å². The highest BCUT2D eigenvalue weighted by Crippen LogP contribution is 2.26. The van der Waals surface area contributed by atoms with Gasteiger partial charge in [-0.15, -0.1) is 0 Å². The van der Waals surface area contributed by atoms with E-state index in [2.05, 4.69) is 5.43 Å². The molecule has 3 N–H and O–H groups in total. The van der Waals surface area contributed by atoms with Crippen LogP contribution in [0.3, 0.4) is 0 Å². The predicted molar refractivity (Wildman–Crippen MR) is 108 cm³/mol. The Bertz CT molecular complexity index is 631. The summed E-state index contributed by atoms with van der Waals surface area (Å²) in [6.45, 7) is 4.85. The van der Waals surface area contributed by atoms with Crippen molar-refractivity contribution < 1.29 is 14.8 Å². The van der Waals surface area contributed by atoms with E-state index >= 15 is 0 Å². The Hall–Kier alpha value is -1.83. The lowest BCUT2D eigenvalue weighted by atomic mass is 9.82. The van der Waals surface area contributed by atoms with Crippen LogP contribution < -0.4 is 10.9 Å². The lowest BCUT2D eigenvalue weighted by Crippen LogP contribution is -2.45. The van der Waals surface area contributed by atoms with Crippen molar-refractivity contribution in [1.29, 1.82) is 0 Å². The number of hydrazine groups is 1. The Balaban J connectivity index is 2.12. The largest absolute Gasteiger partial charge is 0.289 e. The van der Waals surface area contributed by atoms with Crippen LogP contribution in [0.25, 0.3) is 6.08 Å². The van der Waals surface area contributed by atoms with Gasteiger partial charge in [0.15, 0.2) is 0 Å². The minimum atomic E-state index is -0.634. The van der Waals surface area contributed by atoms with Gasteiger partial charge in [0, 0.05) is 12.3 Å². The number of carbonyl (C=O) groups is 2. The molecule has 6 nitrogen and oxygen atoms in total. The maximum atomic E-state index is 12.9. The second-order valence-electron chi connectivity index (χ2n) is 7.13. The Morgan fingerprint density at radius 1 is 1.22 bits per heavy atom. The molecule has 1 unspecified atom stereocenters. The van der Waals surface area contributed by atoms with Gasteiger partial charge in [0.25, 0.3) is 0 Å². The van der Waals surface area contributed by atoms with E-state index in [1.165, 1.54) is 0 Å². The molecule has 7 heteroatoms. The molecule has 1 aliphatic heterocycles. The molecule has 1 aromatic carbocycles. The first-order chi connectivity index (χ1) is 13.0. The summed E-state index contributed by atoms with van der Waals surface area (Å²) in [6, 6.07) is 9.78. The Kier molecular flexibility index (Phi) is 8.84. The minimum Gasteiger partial charge on any atom is -0.289 e. The molecular weight excluding hydrogens is 362 g/mol. The number of rotatable bonds is 9. The standard InChI is InChI=1S/C20H29N3O3S/c1-15(2)14-18(19(24)21-23-12-7-13-27-23)17(20(25)22-26)11-6-10-16-8-4-3-5-9-16/h3-6,8-10,15,17-18,26H,7,11-14H2,1-2H3,(H,21,24)(H,22,25)/t17?,18-/m1/s1. The molecule has 148 valence electrons. The second kappa shape index (κ2) is 11.1. The zero-order chi connectivity index (χ0) is 19.6. The van der Waals surface area contributed by atoms with Crippen LogP contribution in [0.1, 0.15) is 38.7 Å². The lowest BCUT2D eigenvalue weighted by molar-refractivity contribution is -0.141. The average molecular weight is 392 g/mol. The monoisotopic (exact) mass is 391 g/mol. The number of benzene rings is 1. The molecule has 2 atom stereocenters. The van der Waals surface area contributed by atoms with E-state index in [-0.39, 0.29) is 11.8 Å². The van der Waals surface area contributed by atoms with Crippen molar-refractivity contribution in [3.8, 4) is 0 Å². The van der Waals surface area contributed by atoms with E-state index in [1.807, 2.05) is 60.7 Å². The highest BCUT2D eigenvalue weighted by molar-refractivity contribution is 7.97. The van der Waals surface area contributed by atoms with Crippen LogP contribution >= 0.6 is 11.9 Å². The third-order valence-corrected chi connectivity index (χ3v) is 5.54. The normalized spacial score (nSPS) is 17.2. The van der Waals surface area contributed by atoms with Crippen LogP contribution in [0, 0.1) is 17.8 Å². The van der Waals surface area contributed by atoms with Gasteiger partial charge in [0.1, 0.15) is 0 Å². The molecular formula is C20H29N3O3S. The Labute approximate surface area is 165 Å². The van der Waals surface area contributed by atoms with Crippen LogP contribution in [0.2, 0.25) is 0 Å². The number of nitrogens with one attached hydrogen (secondary N) is 2. The highest BCUT2D eigenvalue weighted by atomic mass is 32.2. The second-order valence-corrected chi connectivity index (χ2v) is 8.24. The summed E-state index contributed by atoms with van der Waals surface area (Å²) >= 11 is 1.59. The summed E-state index contributed by atoms with van der Waals surface area (Å²) in [5.41, 5.74) is 5.69. The molecule has 2 amide bonds. The van der Waals surface area contributed by atoms with Gasteiger partial charge >= 0.3 is 0 Å². The number of hydroxylamine groups is 1. The molecule has 0 saturated carbocycles. The number of hydrogen-bond acceptors (Lipinski definition) is 5. The fourth-order valence-corrected chi connectivity index (χ4v) is 4.05. The van der Waals surface area contributed by atoms with E-state index in [4.69, 9.17) is 0 Å². The quantitative estimate of drug-likeness (QED) is 0.342. The van der Waals surface area contributed by atoms with Crippen LogP contribution in [0.4, 0.5) is 0 Å². The number of amides is 2. The third kappa shape index (κ3) is 7.01. The average Bonchev–Trinajstić information content (AvgIpc) is 3.16. The maximum Gasteiger partial charge on any atom is 0.247 e. The predicted octanol–water partition coefficient (Wildman–Crippen LogP) is 3.26. The molecule has 1 saturated heterocycles. The van der Waals surface area contributed by atoms with E-state index in [9.17, 15) is 14.8 Å². The van der Waals surface area contributed by atoms with Crippen molar-refractivity contribution >= 4 is 29.8 Å². The van der Waals surface area contributed by atoms with Crippen molar-refractivity contribution in [3.05, 3.63) is 42.0 Å². The fraction of sp³-hybridized carbons (Fsp3) is 0.500. The molecule has 1 heterocycles. The van der Waals surface area contributed by atoms with Gasteiger partial charge in [-0.05, 0) is 30.7 Å². The van der Waals surface area contributed by atoms with Gasteiger partial charge in [-0.3, -0.25) is 20.2 Å². The number of carbonyl (C=O) groups excluding carboxylic acids is 2. The molecule has 0 bridgehead atoms. The van der Waals surface area contributed by atoms with Crippen LogP contribution in [0.15, 0.2) is 36.4 Å². The van der Waals surface area contributed by atoms with E-state index in [0.717, 1.165) is 24.3 Å². The summed E-state index contributed by atoms with van der Waals surface area (Å²) < 4.78 is 1.84. The maximum absolute atomic E-state index is 12.9. The summed E-state index contributed by atoms with van der Waals surface area (Å²) in [5.74, 6) is -0.611. The highest BCUT2D eigenvalue weighted by Gasteiger charge is 2.34. The first kappa shape index (κ1) is 21.5. The molecule has 0 aromatic heterocycles. The Morgan fingerprint density at radius 3 is 2.56 bits per heavy atom. The first-order valence-corrected chi connectivity index (χ1v) is 10.3. The summed E-state index contributed by atoms with van der Waals surface area (Å²) in [4.78, 5) is 25.2. The number of hydrogen-bond donors (Lipinski definition) is 3. The van der Waals surface area contributed by atoms with Crippen LogP contribution in [0.5, 0.6) is 0 Å². The topological polar surface area (TPSA) is 81.7 Å². The lowest BCUT2D eigenvalue weighted by Gasteiger charge is -2.27. The SMILES string of the molecule is CC(C)C[C@@H](C(=O)NN1CCCS1)C(CC=Cc1ccccc1)C(=O)NO. The summed E-state index contributed by atoms with van der Waals surface area (Å²) in [5, 5.41) is 9.20. The van der Waals surface area contributed by atoms with E-state index < -0.39 is 17.7 Å². The van der Waals surface area contributed by atoms with E-state index in [1.54, 1.807) is 17.4 Å². The molecule has 0 radical (unpaired) electrons. The summed E-state index contributed by atoms with van der Waals surface area (Å²) in [6.07, 6.45) is 5.79. The first-order valence-electron chi connectivity index (χ1n) is 9.37. The molecule has 0 spiro atoms. The van der Waals surface area contributed by atoms with Crippen LogP contribution in [-0.4, -0.2) is 33.7 Å². The molecule has 2 rings (SSSR count). The van der Waals surface area contributed by atoms with Gasteiger partial charge in [-0.1, -0.05) is 68.3 Å². The van der Waals surface area contributed by atoms with E-state index in [0.29, 0.717) is 12.8 Å². The third-order valence-electron chi connectivity index (χ3n) is 4.48. The van der Waals surface area contributed by atoms with Crippen LogP contribution in [-0.2, 0) is 9.59 Å². The van der Waals surface area contributed by atoms with Gasteiger partial charge in [-0.25, -0.2) is 5.48 Å². The van der Waals surface area contributed by atoms with Gasteiger partial charge in [-0.2, -0.15) is 4.41 Å². The van der Waals surface area contributed by atoms with Gasteiger partial charge in [0.05, 0.1) is 11.8 Å². The molecule has 27 heavy (non-hydrogen) atoms. The molecule has 1 aliphatic rings. The number of allylic oxidation sites excluding steroid dienone is 1. The molecule has 1 aromatic rings. The summed E-state index contributed by atoms with van der Waals surface area (Å²) in [7, 11) is 0. The molecule has 1 fully saturated rings. The van der Waals surface area contributed by atoms with Crippen molar-refractivity contribution in [2.45, 2.75) is 33.1 Å². The number of nitrogens with zero attached hydrogens (tertiary/aromatic N) is 1. The smallest absolute Gasteiger partial charge is 0.247 e. The van der Waals surface area contributed by atoms with Crippen molar-refractivity contribution in [2.75, 3.05) is 12.3 Å². The van der Waals surface area contributed by atoms with Crippen molar-refractivity contribution in [2.24, 2.45) is 17.8 Å². The van der Waals surface area contributed by atoms with Gasteiger partial charge < -0.3 is 0 Å². The van der Waals surface area contributed by atoms with Gasteiger partial charge in [0.2, 0.25) is 11.8 Å². The Morgan fingerprint density at radius 2 is 1.96 bits per heavy atom. The van der Waals surface area contributed by atoms with Crippen molar-refractivity contribution in [3.63, 3.8) is 0 Å². The minimum absolute atomic E-state index is 0.167. The molecule has 0 aliphatic carbocycles.